The van der Waals surface area contributed by atoms with Crippen molar-refractivity contribution in [1.29, 1.82) is 0 Å². The van der Waals surface area contributed by atoms with Gasteiger partial charge in [0.2, 0.25) is 0 Å². The van der Waals surface area contributed by atoms with Crippen LogP contribution in [-0.4, -0.2) is 43.3 Å². The number of methoxy groups -OCH3 is 1. The molecular weight excluding hydrogens is 462 g/mol. The van der Waals surface area contributed by atoms with Gasteiger partial charge in [-0.1, -0.05) is 39.3 Å². The second kappa shape index (κ2) is 9.74. The maximum atomic E-state index is 13.8. The SMILES string of the molecule is CCOc1ccc(Cl)cc1C1C2=C(CC(C)(C)CC2=O)N(CCCOC)C2=C1C(=O)CC(C)(C)C2. The quantitative estimate of drug-likeness (QED) is 0.403. The van der Waals surface area contributed by atoms with Gasteiger partial charge in [-0.05, 0) is 55.2 Å². The van der Waals surface area contributed by atoms with Gasteiger partial charge in [-0.3, -0.25) is 9.59 Å². The standard InChI is InChI=1S/C29H38ClNO4/c1-7-35-24-10-9-18(30)13-19(24)25-26-20(14-28(2,3)16-22(26)32)31(11-8-12-34-6)21-15-29(4,5)17-23(33)27(21)25/h9-10,13,25H,7-8,11-12,14-17H2,1-6H3. The summed E-state index contributed by atoms with van der Waals surface area (Å²) in [6.07, 6.45) is 3.31. The van der Waals surface area contributed by atoms with Gasteiger partial charge in [0.15, 0.2) is 11.6 Å². The lowest BCUT2D eigenvalue weighted by molar-refractivity contribution is -0.119. The molecule has 4 rings (SSSR count). The molecule has 0 aromatic heterocycles. The van der Waals surface area contributed by atoms with E-state index in [2.05, 4.69) is 32.6 Å². The van der Waals surface area contributed by atoms with E-state index in [4.69, 9.17) is 21.1 Å². The number of hydrogen-bond donors (Lipinski definition) is 0. The van der Waals surface area contributed by atoms with Crippen molar-refractivity contribution in [1.82, 2.24) is 4.90 Å². The Kier molecular flexibility index (Phi) is 7.23. The van der Waals surface area contributed by atoms with Gasteiger partial charge in [-0.15, -0.1) is 0 Å². The lowest BCUT2D eigenvalue weighted by Crippen LogP contribution is -2.44. The molecule has 0 unspecified atom stereocenters. The lowest BCUT2D eigenvalue weighted by Gasteiger charge is -2.49. The van der Waals surface area contributed by atoms with Gasteiger partial charge in [0.25, 0.3) is 0 Å². The number of carbonyl (C=O) groups is 2. The Labute approximate surface area is 214 Å². The second-order valence-corrected chi connectivity index (χ2v) is 12.1. The molecule has 1 aliphatic heterocycles. The number of Topliss-reactive ketones (excluding diaryl/α,β-unsaturated/α-hetero) is 2. The van der Waals surface area contributed by atoms with Crippen molar-refractivity contribution in [3.63, 3.8) is 0 Å². The van der Waals surface area contributed by atoms with Crippen molar-refractivity contribution < 1.29 is 19.1 Å². The van der Waals surface area contributed by atoms with Crippen LogP contribution in [0, 0.1) is 10.8 Å². The largest absolute Gasteiger partial charge is 0.494 e. The van der Waals surface area contributed by atoms with Crippen LogP contribution >= 0.6 is 11.6 Å². The molecule has 0 amide bonds. The molecule has 2 aliphatic carbocycles. The first kappa shape index (κ1) is 26.0. The number of ether oxygens (including phenoxy) is 2. The number of rotatable bonds is 7. The van der Waals surface area contributed by atoms with Crippen molar-refractivity contribution in [2.24, 2.45) is 10.8 Å². The maximum absolute atomic E-state index is 13.8. The fraction of sp³-hybridized carbons (Fsp3) is 0.586. The third kappa shape index (κ3) is 5.08. The van der Waals surface area contributed by atoms with E-state index >= 15 is 0 Å². The number of halogens is 1. The van der Waals surface area contributed by atoms with Crippen molar-refractivity contribution in [3.05, 3.63) is 51.3 Å². The molecule has 0 spiro atoms. The van der Waals surface area contributed by atoms with Crippen LogP contribution in [-0.2, 0) is 14.3 Å². The predicted molar refractivity (Wildman–Crippen MR) is 139 cm³/mol. The zero-order valence-electron chi connectivity index (χ0n) is 21.9. The highest BCUT2D eigenvalue weighted by atomic mass is 35.5. The molecule has 1 heterocycles. The summed E-state index contributed by atoms with van der Waals surface area (Å²) in [6, 6.07) is 5.55. The minimum atomic E-state index is -0.453. The Morgan fingerprint density at radius 3 is 2.06 bits per heavy atom. The molecule has 0 atom stereocenters. The van der Waals surface area contributed by atoms with Gasteiger partial charge in [-0.2, -0.15) is 0 Å². The number of ketones is 2. The van der Waals surface area contributed by atoms with Crippen LogP contribution in [0.25, 0.3) is 0 Å². The van der Waals surface area contributed by atoms with Crippen molar-refractivity contribution in [2.45, 2.75) is 72.6 Å². The van der Waals surface area contributed by atoms with Gasteiger partial charge in [0.1, 0.15) is 5.75 Å². The molecule has 1 aromatic rings. The Morgan fingerprint density at radius 1 is 0.971 bits per heavy atom. The topological polar surface area (TPSA) is 55.8 Å². The number of nitrogens with zero attached hydrogens (tertiary/aromatic N) is 1. The highest BCUT2D eigenvalue weighted by molar-refractivity contribution is 6.30. The van der Waals surface area contributed by atoms with Crippen LogP contribution in [0.5, 0.6) is 5.75 Å². The van der Waals surface area contributed by atoms with Gasteiger partial charge in [0, 0.05) is 72.1 Å². The molecule has 5 nitrogen and oxygen atoms in total. The Bertz CT molecular complexity index is 1040. The number of carbonyl (C=O) groups excluding carboxylic acids is 2. The fourth-order valence-electron chi connectivity index (χ4n) is 6.03. The first-order valence-electron chi connectivity index (χ1n) is 12.7. The van der Waals surface area contributed by atoms with Crippen LogP contribution in [0.1, 0.15) is 78.2 Å². The minimum Gasteiger partial charge on any atom is -0.494 e. The molecule has 3 aliphatic rings. The molecule has 0 fully saturated rings. The molecule has 0 saturated carbocycles. The highest BCUT2D eigenvalue weighted by Crippen LogP contribution is 2.55. The van der Waals surface area contributed by atoms with Crippen molar-refractivity contribution in [3.8, 4) is 5.75 Å². The summed E-state index contributed by atoms with van der Waals surface area (Å²) in [5.41, 5.74) is 4.12. The number of benzene rings is 1. The summed E-state index contributed by atoms with van der Waals surface area (Å²) in [7, 11) is 1.70. The van der Waals surface area contributed by atoms with Crippen molar-refractivity contribution >= 4 is 23.2 Å². The summed E-state index contributed by atoms with van der Waals surface area (Å²) < 4.78 is 11.4. The van der Waals surface area contributed by atoms with Gasteiger partial charge in [0.05, 0.1) is 6.61 Å². The average Bonchev–Trinajstić information content (AvgIpc) is 2.74. The molecule has 0 saturated heterocycles. The van der Waals surface area contributed by atoms with Crippen LogP contribution in [0.4, 0.5) is 0 Å². The zero-order chi connectivity index (χ0) is 25.5. The Morgan fingerprint density at radius 2 is 1.54 bits per heavy atom. The molecular formula is C29H38ClNO4. The molecule has 1 aromatic carbocycles. The van der Waals surface area contributed by atoms with Gasteiger partial charge in [-0.25, -0.2) is 0 Å². The molecule has 0 radical (unpaired) electrons. The summed E-state index contributed by atoms with van der Waals surface area (Å²) in [5.74, 6) is 0.462. The molecule has 35 heavy (non-hydrogen) atoms. The van der Waals surface area contributed by atoms with Crippen LogP contribution in [0.2, 0.25) is 5.02 Å². The molecule has 0 bridgehead atoms. The Hall–Kier alpha value is -2.11. The summed E-state index contributed by atoms with van der Waals surface area (Å²) in [5, 5.41) is 0.572. The number of allylic oxidation sites excluding steroid dienone is 4. The van der Waals surface area contributed by atoms with E-state index in [1.807, 2.05) is 19.1 Å². The lowest BCUT2D eigenvalue weighted by atomic mass is 9.63. The monoisotopic (exact) mass is 499 g/mol. The van der Waals surface area contributed by atoms with Gasteiger partial charge < -0.3 is 14.4 Å². The van der Waals surface area contributed by atoms with E-state index in [-0.39, 0.29) is 22.4 Å². The first-order chi connectivity index (χ1) is 16.5. The molecule has 190 valence electrons. The van der Waals surface area contributed by atoms with E-state index in [9.17, 15) is 9.59 Å². The zero-order valence-corrected chi connectivity index (χ0v) is 22.7. The van der Waals surface area contributed by atoms with E-state index in [1.165, 1.54) is 0 Å². The summed E-state index contributed by atoms with van der Waals surface area (Å²) >= 11 is 6.48. The fourth-order valence-corrected chi connectivity index (χ4v) is 6.21. The third-order valence-corrected chi connectivity index (χ3v) is 7.57. The third-order valence-electron chi connectivity index (χ3n) is 7.33. The molecule has 0 N–H and O–H groups in total. The highest BCUT2D eigenvalue weighted by Gasteiger charge is 2.49. The van der Waals surface area contributed by atoms with E-state index < -0.39 is 5.92 Å². The van der Waals surface area contributed by atoms with Crippen LogP contribution < -0.4 is 4.74 Å². The van der Waals surface area contributed by atoms with Crippen LogP contribution in [0.3, 0.4) is 0 Å². The van der Waals surface area contributed by atoms with E-state index in [1.54, 1.807) is 13.2 Å². The maximum Gasteiger partial charge on any atom is 0.162 e. The Balaban J connectivity index is 1.99. The summed E-state index contributed by atoms with van der Waals surface area (Å²) in [6.45, 7) is 12.4. The smallest absolute Gasteiger partial charge is 0.162 e. The normalized spacial score (nSPS) is 21.9. The second-order valence-electron chi connectivity index (χ2n) is 11.6. The predicted octanol–water partition coefficient (Wildman–Crippen LogP) is 6.46. The number of hydrogen-bond acceptors (Lipinski definition) is 5. The van der Waals surface area contributed by atoms with Crippen LogP contribution in [0.15, 0.2) is 40.7 Å². The van der Waals surface area contributed by atoms with E-state index in [0.717, 1.165) is 53.9 Å². The van der Waals surface area contributed by atoms with Gasteiger partial charge >= 0.3 is 0 Å². The minimum absolute atomic E-state index is 0.115. The molecule has 6 heteroatoms. The summed E-state index contributed by atoms with van der Waals surface area (Å²) in [4.78, 5) is 30.0. The van der Waals surface area contributed by atoms with E-state index in [0.29, 0.717) is 36.8 Å². The first-order valence-corrected chi connectivity index (χ1v) is 13.1. The van der Waals surface area contributed by atoms with Crippen molar-refractivity contribution in [2.75, 3.05) is 26.9 Å². The average molecular weight is 500 g/mol.